The topological polar surface area (TPSA) is 309 Å². The van der Waals surface area contributed by atoms with E-state index in [9.17, 15) is 39.3 Å². The molecule has 1 amide bonds. The summed E-state index contributed by atoms with van der Waals surface area (Å²) in [6, 6.07) is 3.25. The van der Waals surface area contributed by atoms with Crippen molar-refractivity contribution in [2.24, 2.45) is 0 Å². The fourth-order valence-electron chi connectivity index (χ4n) is 7.77. The third kappa shape index (κ3) is 42.1. The molecule has 0 saturated carbocycles. The lowest BCUT2D eigenvalue weighted by molar-refractivity contribution is -0.140. The Bertz CT molecular complexity index is 1750. The lowest BCUT2D eigenvalue weighted by atomic mass is 10.0. The van der Waals surface area contributed by atoms with E-state index < -0.39 is 17.9 Å². The molecule has 1 aromatic rings. The van der Waals surface area contributed by atoms with E-state index in [4.69, 9.17) is 71.1 Å². The number of benzene rings is 1. The Balaban J connectivity index is 2.10. The lowest BCUT2D eigenvalue weighted by Crippen LogP contribution is -2.49. The highest BCUT2D eigenvalue weighted by molar-refractivity contribution is 5.97. The van der Waals surface area contributed by atoms with E-state index in [-0.39, 0.29) is 127 Å². The fraction of sp³-hybridized carbons (Fsp3) is 0.800. The van der Waals surface area contributed by atoms with Gasteiger partial charge in [0.15, 0.2) is 17.3 Å². The number of Topliss-reactive ketones (excluding diaryl/α,β-unsaturated/α-hetero) is 1. The Morgan fingerprint density at radius 2 is 0.675 bits per heavy atom. The molecule has 4 N–H and O–H groups in total. The second-order valence-electron chi connectivity index (χ2n) is 18.7. The molecule has 1 aromatic carbocycles. The molecule has 2 rings (SSSR count). The first kappa shape index (κ1) is 74.6. The van der Waals surface area contributed by atoms with Gasteiger partial charge in [0.25, 0.3) is 0 Å². The Labute approximate surface area is 489 Å². The molecule has 0 spiro atoms. The molecule has 0 atom stereocenters. The molecule has 0 radical (unpaired) electrons. The Morgan fingerprint density at radius 3 is 0.988 bits per heavy atom. The van der Waals surface area contributed by atoms with Crippen LogP contribution in [0.2, 0.25) is 0 Å². The maximum Gasteiger partial charge on any atom is 0.317 e. The molecule has 0 aromatic heterocycles. The summed E-state index contributed by atoms with van der Waals surface area (Å²) in [6.07, 6.45) is 1.90. The maximum absolute atomic E-state index is 13.9. The Kier molecular flexibility index (Phi) is 46.7. The predicted molar refractivity (Wildman–Crippen MR) is 300 cm³/mol. The van der Waals surface area contributed by atoms with Gasteiger partial charge in [0.1, 0.15) is 19.8 Å². The quantitative estimate of drug-likeness (QED) is 0.0502. The van der Waals surface area contributed by atoms with Gasteiger partial charge in [0, 0.05) is 92.2 Å². The lowest BCUT2D eigenvalue weighted by Gasteiger charge is -2.32. The third-order valence-electron chi connectivity index (χ3n) is 12.1. The van der Waals surface area contributed by atoms with Gasteiger partial charge in [-0.25, -0.2) is 0 Å². The van der Waals surface area contributed by atoms with Crippen LogP contribution in [0, 0.1) is 0 Å². The number of carbonyl (C=O) groups excluding carboxylic acids is 2. The van der Waals surface area contributed by atoms with Gasteiger partial charge < -0.3 is 91.7 Å². The SMILES string of the molecule is COCCOCCOCCOCCOc1cc(C(=O)CCCCCNC(=O)CN2CCN(CC(=O)O)CCN(CC(=O)O)CCN(CC(=O)O)CC2)cc(OCCOCCOCCOCCOC)c1OCCOCCOCCOCCOC. The van der Waals surface area contributed by atoms with Crippen molar-refractivity contribution in [3.63, 3.8) is 0 Å². The minimum absolute atomic E-state index is 0.00667. The van der Waals surface area contributed by atoms with E-state index >= 15 is 0 Å². The molecule has 28 nitrogen and oxygen atoms in total. The van der Waals surface area contributed by atoms with Gasteiger partial charge in [-0.1, -0.05) is 6.42 Å². The molecule has 1 aliphatic rings. The summed E-state index contributed by atoms with van der Waals surface area (Å²) < 4.78 is 84.0. The number of nitrogens with one attached hydrogen (secondary N) is 1. The number of methoxy groups -OCH3 is 3. The van der Waals surface area contributed by atoms with Crippen molar-refractivity contribution in [3.05, 3.63) is 17.7 Å². The minimum atomic E-state index is -1.04. The number of carboxylic acid groups (broad SMARTS) is 3. The van der Waals surface area contributed by atoms with Crippen LogP contribution in [0.1, 0.15) is 36.0 Å². The number of amides is 1. The smallest absolute Gasteiger partial charge is 0.317 e. The summed E-state index contributed by atoms with van der Waals surface area (Å²) in [7, 11) is 4.83. The highest BCUT2D eigenvalue weighted by Gasteiger charge is 2.23. The van der Waals surface area contributed by atoms with Gasteiger partial charge in [0.05, 0.1) is 165 Å². The average Bonchev–Trinajstić information content (AvgIpc) is 3.66. The zero-order valence-corrected chi connectivity index (χ0v) is 49.4. The molecule has 1 aliphatic heterocycles. The predicted octanol–water partition coefficient (Wildman–Crippen LogP) is 0.246. The number of rotatable bonds is 54. The van der Waals surface area contributed by atoms with Crippen LogP contribution in [0.4, 0.5) is 0 Å². The number of hydrogen-bond acceptors (Lipinski definition) is 24. The third-order valence-corrected chi connectivity index (χ3v) is 12.1. The van der Waals surface area contributed by atoms with E-state index in [2.05, 4.69) is 5.32 Å². The summed E-state index contributed by atoms with van der Waals surface area (Å²) in [5.74, 6) is -2.73. The average molecular weight is 1200 g/mol. The molecule has 1 heterocycles. The molecule has 1 saturated heterocycles. The van der Waals surface area contributed by atoms with Gasteiger partial charge in [-0.05, 0) is 25.0 Å². The molecule has 28 heteroatoms. The van der Waals surface area contributed by atoms with Gasteiger partial charge in [-0.2, -0.15) is 0 Å². The van der Waals surface area contributed by atoms with Crippen LogP contribution in [0.15, 0.2) is 12.1 Å². The second-order valence-corrected chi connectivity index (χ2v) is 18.7. The normalized spacial score (nSPS) is 14.3. The summed E-state index contributed by atoms with van der Waals surface area (Å²) in [5.41, 5.74) is 0.340. The number of ether oxygens (including phenoxy) is 15. The molecule has 83 heavy (non-hydrogen) atoms. The molecular weight excluding hydrogens is 1100 g/mol. The molecule has 0 unspecified atom stereocenters. The zero-order chi connectivity index (χ0) is 60.2. The highest BCUT2D eigenvalue weighted by atomic mass is 16.6. The van der Waals surface area contributed by atoms with E-state index in [1.165, 1.54) is 0 Å². The first-order valence-electron chi connectivity index (χ1n) is 28.5. The van der Waals surface area contributed by atoms with Gasteiger partial charge in [0.2, 0.25) is 11.7 Å². The van der Waals surface area contributed by atoms with E-state index in [1.54, 1.807) is 48.2 Å². The Hall–Kier alpha value is -4.47. The van der Waals surface area contributed by atoms with Crippen LogP contribution in [-0.2, 0) is 76.0 Å². The van der Waals surface area contributed by atoms with Crippen molar-refractivity contribution in [2.45, 2.75) is 25.7 Å². The number of carbonyl (C=O) groups is 5. The number of aliphatic carboxylic acids is 3. The molecule has 0 bridgehead atoms. The minimum Gasteiger partial charge on any atom is -0.487 e. The van der Waals surface area contributed by atoms with Crippen LogP contribution in [-0.4, -0.2) is 329 Å². The van der Waals surface area contributed by atoms with Crippen LogP contribution < -0.4 is 19.5 Å². The van der Waals surface area contributed by atoms with Crippen molar-refractivity contribution in [3.8, 4) is 17.2 Å². The van der Waals surface area contributed by atoms with E-state index in [0.717, 1.165) is 0 Å². The number of hydrogen-bond donors (Lipinski definition) is 4. The van der Waals surface area contributed by atoms with Crippen molar-refractivity contribution >= 4 is 29.6 Å². The van der Waals surface area contributed by atoms with Crippen molar-refractivity contribution in [2.75, 3.05) is 265 Å². The summed E-state index contributed by atoms with van der Waals surface area (Å²) in [5, 5.41) is 31.5. The fourth-order valence-corrected chi connectivity index (χ4v) is 7.77. The van der Waals surface area contributed by atoms with Gasteiger partial charge in [-0.15, -0.1) is 0 Å². The van der Waals surface area contributed by atoms with E-state index in [1.807, 2.05) is 4.90 Å². The monoisotopic (exact) mass is 1200 g/mol. The van der Waals surface area contributed by atoms with Crippen LogP contribution in [0.5, 0.6) is 17.2 Å². The van der Waals surface area contributed by atoms with Gasteiger partial charge in [-0.3, -0.25) is 43.6 Å². The number of carboxylic acids is 3. The first-order valence-corrected chi connectivity index (χ1v) is 28.5. The summed E-state index contributed by atoms with van der Waals surface area (Å²) in [6.45, 7) is 10.4. The molecule has 1 fully saturated rings. The first-order chi connectivity index (χ1) is 40.4. The van der Waals surface area contributed by atoms with E-state index in [0.29, 0.717) is 176 Å². The molecule has 0 aliphatic carbocycles. The maximum atomic E-state index is 13.9. The highest BCUT2D eigenvalue weighted by Crippen LogP contribution is 2.39. The number of nitrogens with zero attached hydrogens (tertiary/aromatic N) is 4. The molecular formula is C55H97N5O23. The van der Waals surface area contributed by atoms with Crippen LogP contribution >= 0.6 is 0 Å². The number of ketones is 1. The van der Waals surface area contributed by atoms with Gasteiger partial charge >= 0.3 is 17.9 Å². The van der Waals surface area contributed by atoms with Crippen LogP contribution in [0.25, 0.3) is 0 Å². The van der Waals surface area contributed by atoms with Crippen molar-refractivity contribution in [1.82, 2.24) is 24.9 Å². The van der Waals surface area contributed by atoms with Crippen LogP contribution in [0.3, 0.4) is 0 Å². The second kappa shape index (κ2) is 51.9. The number of unbranched alkanes of at least 4 members (excludes halogenated alkanes) is 2. The summed E-state index contributed by atoms with van der Waals surface area (Å²) in [4.78, 5) is 69.1. The standard InChI is InChI=1S/C55H97N5O23/c1-69-17-20-72-23-26-75-29-32-78-35-38-81-49-41-47(42-50(82-39-36-79-33-30-76-27-24-73-21-18-70-2)55(49)83-40-37-80-34-31-77-28-25-74-22-19-71-3)48(61)7-5-4-6-8-56-51(62)43-57-9-11-58(44-52(63)64)13-15-60(46-54(67)68)16-14-59(12-10-57)45-53(65)66/h41-42H,4-40,43-46H2,1-3H3,(H,56,62)(H,63,64)(H,65,66)(H,67,68). The Morgan fingerprint density at radius 1 is 0.386 bits per heavy atom. The van der Waals surface area contributed by atoms with Crippen molar-refractivity contribution < 1.29 is 110 Å². The van der Waals surface area contributed by atoms with Crippen molar-refractivity contribution in [1.29, 1.82) is 0 Å². The zero-order valence-electron chi connectivity index (χ0n) is 49.4. The molecule has 480 valence electrons. The largest absolute Gasteiger partial charge is 0.487 e. The summed E-state index contributed by atoms with van der Waals surface area (Å²) >= 11 is 0.